The van der Waals surface area contributed by atoms with Crippen LogP contribution in [0.4, 0.5) is 0 Å². The van der Waals surface area contributed by atoms with E-state index < -0.39 is 70.1 Å². The molecule has 2 aromatic rings. The van der Waals surface area contributed by atoms with Crippen molar-refractivity contribution in [3.8, 4) is 11.8 Å². The first-order valence-corrected chi connectivity index (χ1v) is 11.2. The summed E-state index contributed by atoms with van der Waals surface area (Å²) in [5, 5.41) is 64.4. The molecule has 0 radical (unpaired) electrons. The fourth-order valence-electron chi connectivity index (χ4n) is 5.52. The highest BCUT2D eigenvalue weighted by atomic mass is 16.4. The van der Waals surface area contributed by atoms with Gasteiger partial charge in [-0.3, -0.25) is 14.4 Å². The summed E-state index contributed by atoms with van der Waals surface area (Å²) in [6.45, 7) is 0. The maximum Gasteiger partial charge on any atom is 0.255 e. The predicted octanol–water partition coefficient (Wildman–Crippen LogP) is 1.26. The maximum absolute atomic E-state index is 13.8. The molecule has 10 nitrogen and oxygen atoms in total. The van der Waals surface area contributed by atoms with Crippen LogP contribution in [-0.4, -0.2) is 54.7 Å². The zero-order valence-electron chi connectivity index (χ0n) is 19.0. The molecule has 4 atom stereocenters. The summed E-state index contributed by atoms with van der Waals surface area (Å²) in [6, 6.07) is 12.7. The number of phenols is 1. The molecular weight excluding hydrogens is 480 g/mol. The van der Waals surface area contributed by atoms with Crippen LogP contribution in [0, 0.1) is 23.2 Å². The number of benzene rings is 2. The Bertz CT molecular complexity index is 1540. The molecule has 3 aliphatic carbocycles. The second-order valence-electron chi connectivity index (χ2n) is 9.18. The number of nitrogens with zero attached hydrogens (tertiary/aromatic N) is 1. The third-order valence-corrected chi connectivity index (χ3v) is 7.26. The highest BCUT2D eigenvalue weighted by Crippen LogP contribution is 2.55. The zero-order valence-corrected chi connectivity index (χ0v) is 19.0. The third kappa shape index (κ3) is 3.22. The van der Waals surface area contributed by atoms with Gasteiger partial charge in [-0.25, -0.2) is 0 Å². The van der Waals surface area contributed by atoms with Crippen LogP contribution in [0.5, 0.6) is 5.75 Å². The highest BCUT2D eigenvalue weighted by Gasteiger charge is 2.64. The van der Waals surface area contributed by atoms with Crippen LogP contribution in [0.1, 0.15) is 28.7 Å². The van der Waals surface area contributed by atoms with E-state index >= 15 is 0 Å². The number of primary amides is 1. The molecular formula is C27H20N2O8. The number of Topliss-reactive ketones (excluding diaryl/α,β-unsaturated/α-hetero) is 2. The Morgan fingerprint density at radius 1 is 1.11 bits per heavy atom. The smallest absolute Gasteiger partial charge is 0.255 e. The van der Waals surface area contributed by atoms with Crippen molar-refractivity contribution in [3.63, 3.8) is 0 Å². The van der Waals surface area contributed by atoms with Crippen molar-refractivity contribution in [2.75, 3.05) is 0 Å². The van der Waals surface area contributed by atoms with Gasteiger partial charge >= 0.3 is 0 Å². The Balaban J connectivity index is 1.80. The molecule has 7 N–H and O–H groups in total. The minimum Gasteiger partial charge on any atom is -0.508 e. The van der Waals surface area contributed by atoms with Crippen LogP contribution in [-0.2, 0) is 14.4 Å². The van der Waals surface area contributed by atoms with E-state index in [4.69, 9.17) is 11.0 Å². The number of fused-ring (bicyclic) bond motifs is 3. The van der Waals surface area contributed by atoms with Gasteiger partial charge in [0, 0.05) is 18.3 Å². The molecule has 2 aromatic carbocycles. The summed E-state index contributed by atoms with van der Waals surface area (Å²) in [6.07, 6.45) is -0.777. The fraction of sp³-hybridized carbons (Fsp3) is 0.185. The number of aliphatic hydroxyl groups is 4. The number of nitriles is 1. The number of aromatic hydroxyl groups is 1. The standard InChI is InChI=1S/C27H20N2O8/c28-10-12-6-4-11(5-7-12)8-14-13-2-1-3-16(30)18(13)23(33)21-19(14)22(32)15-9-17(31)20(26(29)36)24(34)27(15,37)25(21)35/h1-8,15,19,22,30,32-34,37H,9H2,(H2,29,36)/b14-8+. The van der Waals surface area contributed by atoms with Crippen molar-refractivity contribution in [1.29, 1.82) is 5.26 Å². The molecule has 37 heavy (non-hydrogen) atoms. The molecule has 1 saturated carbocycles. The number of hydrogen-bond acceptors (Lipinski definition) is 9. The van der Waals surface area contributed by atoms with Gasteiger partial charge in [-0.2, -0.15) is 5.26 Å². The minimum absolute atomic E-state index is 0.137. The molecule has 4 unspecified atom stereocenters. The number of ketones is 2. The number of carbonyl (C=O) groups excluding carboxylic acids is 3. The molecule has 0 aromatic heterocycles. The fourth-order valence-corrected chi connectivity index (χ4v) is 5.52. The maximum atomic E-state index is 13.8. The number of rotatable bonds is 2. The first kappa shape index (κ1) is 24.0. The van der Waals surface area contributed by atoms with E-state index in [0.29, 0.717) is 11.1 Å². The van der Waals surface area contributed by atoms with Crippen LogP contribution in [0.15, 0.2) is 59.4 Å². The second kappa shape index (κ2) is 8.16. The lowest BCUT2D eigenvalue weighted by Crippen LogP contribution is -2.63. The molecule has 1 fully saturated rings. The number of carbonyl (C=O) groups is 3. The molecule has 0 saturated heterocycles. The number of hydrogen-bond donors (Lipinski definition) is 6. The summed E-state index contributed by atoms with van der Waals surface area (Å²) < 4.78 is 0. The van der Waals surface area contributed by atoms with Crippen molar-refractivity contribution in [2.24, 2.45) is 17.6 Å². The average molecular weight is 500 g/mol. The van der Waals surface area contributed by atoms with Crippen LogP contribution in [0.25, 0.3) is 17.4 Å². The lowest BCUT2D eigenvalue weighted by atomic mass is 9.56. The quantitative estimate of drug-likeness (QED) is 0.328. The van der Waals surface area contributed by atoms with E-state index in [1.165, 1.54) is 12.1 Å². The van der Waals surface area contributed by atoms with Crippen molar-refractivity contribution >= 4 is 34.9 Å². The van der Waals surface area contributed by atoms with Gasteiger partial charge in [-0.1, -0.05) is 30.3 Å². The Morgan fingerprint density at radius 2 is 1.78 bits per heavy atom. The van der Waals surface area contributed by atoms with Crippen molar-refractivity contribution in [3.05, 3.63) is 81.6 Å². The molecule has 186 valence electrons. The molecule has 0 bridgehead atoms. The molecule has 0 heterocycles. The Kier molecular flexibility index (Phi) is 5.29. The predicted molar refractivity (Wildman–Crippen MR) is 128 cm³/mol. The van der Waals surface area contributed by atoms with Crippen LogP contribution in [0.2, 0.25) is 0 Å². The molecule has 10 heteroatoms. The van der Waals surface area contributed by atoms with E-state index in [0.717, 1.165) is 0 Å². The summed E-state index contributed by atoms with van der Waals surface area (Å²) in [5.41, 5.74) is 2.20. The average Bonchev–Trinajstić information content (AvgIpc) is 2.86. The van der Waals surface area contributed by atoms with E-state index in [9.17, 15) is 39.9 Å². The van der Waals surface area contributed by atoms with Crippen molar-refractivity contribution in [2.45, 2.75) is 18.1 Å². The van der Waals surface area contributed by atoms with Crippen molar-refractivity contribution < 1.29 is 39.9 Å². The number of nitrogens with two attached hydrogens (primary N) is 1. The van der Waals surface area contributed by atoms with Gasteiger partial charge in [-0.15, -0.1) is 0 Å². The van der Waals surface area contributed by atoms with Gasteiger partial charge in [-0.05, 0) is 34.9 Å². The monoisotopic (exact) mass is 500 g/mol. The van der Waals surface area contributed by atoms with Crippen LogP contribution >= 0.6 is 0 Å². The van der Waals surface area contributed by atoms with Gasteiger partial charge in [0.2, 0.25) is 5.78 Å². The minimum atomic E-state index is -2.92. The molecule has 0 spiro atoms. The largest absolute Gasteiger partial charge is 0.508 e. The molecule has 3 aliphatic rings. The summed E-state index contributed by atoms with van der Waals surface area (Å²) >= 11 is 0. The Labute approximate surface area is 209 Å². The Hall–Kier alpha value is -4.72. The van der Waals surface area contributed by atoms with E-state index in [1.54, 1.807) is 36.4 Å². The number of phenolic OH excluding ortho intramolecular Hbond substituents is 1. The third-order valence-electron chi connectivity index (χ3n) is 7.26. The second-order valence-corrected chi connectivity index (χ2v) is 9.18. The first-order valence-electron chi connectivity index (χ1n) is 11.2. The van der Waals surface area contributed by atoms with E-state index in [1.807, 2.05) is 6.07 Å². The van der Waals surface area contributed by atoms with Crippen LogP contribution in [0.3, 0.4) is 0 Å². The van der Waals surface area contributed by atoms with E-state index in [-0.39, 0.29) is 22.4 Å². The lowest BCUT2D eigenvalue weighted by molar-refractivity contribution is -0.157. The normalized spacial score (nSPS) is 27.9. The number of aliphatic hydroxyl groups excluding tert-OH is 3. The van der Waals surface area contributed by atoms with Crippen molar-refractivity contribution in [1.82, 2.24) is 0 Å². The molecule has 1 amide bonds. The van der Waals surface area contributed by atoms with Gasteiger partial charge in [0.25, 0.3) is 5.91 Å². The van der Waals surface area contributed by atoms with Gasteiger partial charge in [0.15, 0.2) is 11.4 Å². The van der Waals surface area contributed by atoms with E-state index in [2.05, 4.69) is 0 Å². The SMILES string of the molecule is N#Cc1ccc(/C=C2\c3cccc(O)c3C(O)=C3C(=O)C4(O)C(O)=C(C(N)=O)C(=O)CC4C(O)C32)cc1. The van der Waals surface area contributed by atoms with Crippen LogP contribution < -0.4 is 5.73 Å². The lowest BCUT2D eigenvalue weighted by Gasteiger charge is -2.49. The summed E-state index contributed by atoms with van der Waals surface area (Å²) in [4.78, 5) is 38.2. The number of amides is 1. The van der Waals surface area contributed by atoms with Gasteiger partial charge in [0.1, 0.15) is 22.8 Å². The summed E-state index contributed by atoms with van der Waals surface area (Å²) in [5.74, 6) is -8.80. The van der Waals surface area contributed by atoms with Gasteiger partial charge in [0.05, 0.1) is 28.9 Å². The van der Waals surface area contributed by atoms with Gasteiger partial charge < -0.3 is 31.3 Å². The topological polar surface area (TPSA) is 202 Å². The first-order chi connectivity index (χ1) is 17.5. The zero-order chi connectivity index (χ0) is 26.8. The molecule has 0 aliphatic heterocycles. The summed E-state index contributed by atoms with van der Waals surface area (Å²) in [7, 11) is 0. The Morgan fingerprint density at radius 3 is 2.41 bits per heavy atom. The highest BCUT2D eigenvalue weighted by molar-refractivity contribution is 6.23. The molecule has 5 rings (SSSR count).